The van der Waals surface area contributed by atoms with Gasteiger partial charge in [-0.2, -0.15) is 13.5 Å². The van der Waals surface area contributed by atoms with Crippen molar-refractivity contribution in [2.24, 2.45) is 5.10 Å². The zero-order chi connectivity index (χ0) is 21.7. The summed E-state index contributed by atoms with van der Waals surface area (Å²) in [5, 5.41) is 5.71. The second-order valence-corrected chi connectivity index (χ2v) is 8.86. The molecule has 0 unspecified atom stereocenters. The van der Waals surface area contributed by atoms with Crippen LogP contribution in [-0.2, 0) is 10.1 Å². The number of aryl methyl sites for hydroxylation is 2. The van der Waals surface area contributed by atoms with E-state index in [-0.39, 0.29) is 22.3 Å². The Kier molecular flexibility index (Phi) is 6.53. The fourth-order valence-electron chi connectivity index (χ4n) is 2.60. The Morgan fingerprint density at radius 3 is 2.60 bits per heavy atom. The number of hydrogen-bond acceptors (Lipinski definition) is 7. The number of thiophene rings is 1. The van der Waals surface area contributed by atoms with Gasteiger partial charge in [-0.25, -0.2) is 5.43 Å². The lowest BCUT2D eigenvalue weighted by atomic mass is 10.2. The summed E-state index contributed by atoms with van der Waals surface area (Å²) in [5.41, 5.74) is 4.42. The molecule has 0 spiro atoms. The first-order valence-electron chi connectivity index (χ1n) is 8.87. The van der Waals surface area contributed by atoms with Gasteiger partial charge in [-0.1, -0.05) is 18.2 Å². The van der Waals surface area contributed by atoms with Gasteiger partial charge in [0, 0.05) is 0 Å². The molecule has 1 N–H and O–H groups in total. The van der Waals surface area contributed by atoms with E-state index < -0.39 is 10.1 Å². The van der Waals surface area contributed by atoms with Crippen molar-refractivity contribution in [1.29, 1.82) is 0 Å². The van der Waals surface area contributed by atoms with Crippen LogP contribution < -0.4 is 14.3 Å². The standard InChI is InChI=1S/C21H20N2O5S2/c1-14-6-7-15(2)20(11-14)30(25,26)28-17-9-8-16(12-18(17)27-3)13-22-23-21(24)19-5-4-10-29-19/h4-13H,1-3H3,(H,23,24). The zero-order valence-electron chi connectivity index (χ0n) is 16.6. The number of rotatable bonds is 7. The van der Waals surface area contributed by atoms with E-state index in [1.165, 1.54) is 30.7 Å². The molecule has 0 fully saturated rings. The number of nitrogens with one attached hydrogen (secondary N) is 1. The van der Waals surface area contributed by atoms with Gasteiger partial charge >= 0.3 is 10.1 Å². The molecule has 9 heteroatoms. The molecule has 0 atom stereocenters. The van der Waals surface area contributed by atoms with Crippen LogP contribution in [0.25, 0.3) is 0 Å². The molecule has 0 aliphatic carbocycles. The number of hydrazone groups is 1. The van der Waals surface area contributed by atoms with E-state index in [0.717, 1.165) is 5.56 Å². The molecule has 0 aliphatic rings. The highest BCUT2D eigenvalue weighted by atomic mass is 32.2. The Hall–Kier alpha value is -3.17. The van der Waals surface area contributed by atoms with Crippen molar-refractivity contribution in [3.8, 4) is 11.5 Å². The number of carbonyl (C=O) groups excluding carboxylic acids is 1. The van der Waals surface area contributed by atoms with E-state index in [9.17, 15) is 13.2 Å². The van der Waals surface area contributed by atoms with Crippen molar-refractivity contribution in [2.45, 2.75) is 18.7 Å². The van der Waals surface area contributed by atoms with Crippen molar-refractivity contribution in [1.82, 2.24) is 5.43 Å². The fraction of sp³-hybridized carbons (Fsp3) is 0.143. The average Bonchev–Trinajstić information content (AvgIpc) is 3.25. The summed E-state index contributed by atoms with van der Waals surface area (Å²) >= 11 is 1.31. The molecule has 1 aromatic heterocycles. The van der Waals surface area contributed by atoms with Crippen LogP contribution in [0, 0.1) is 13.8 Å². The molecule has 3 rings (SSSR count). The molecular weight excluding hydrogens is 424 g/mol. The first-order chi connectivity index (χ1) is 14.3. The Labute approximate surface area is 179 Å². The van der Waals surface area contributed by atoms with E-state index in [2.05, 4.69) is 10.5 Å². The molecule has 1 heterocycles. The topological polar surface area (TPSA) is 94.1 Å². The third-order valence-electron chi connectivity index (χ3n) is 4.12. The van der Waals surface area contributed by atoms with Gasteiger partial charge in [-0.05, 0) is 66.2 Å². The summed E-state index contributed by atoms with van der Waals surface area (Å²) in [4.78, 5) is 12.5. The maximum atomic E-state index is 12.7. The van der Waals surface area contributed by atoms with E-state index in [4.69, 9.17) is 8.92 Å². The Bertz CT molecular complexity index is 1190. The normalized spacial score (nSPS) is 11.4. The Morgan fingerprint density at radius 2 is 1.90 bits per heavy atom. The molecule has 0 radical (unpaired) electrons. The number of amides is 1. The molecule has 2 aromatic carbocycles. The maximum absolute atomic E-state index is 12.7. The smallest absolute Gasteiger partial charge is 0.339 e. The van der Waals surface area contributed by atoms with Crippen LogP contribution in [0.5, 0.6) is 11.5 Å². The van der Waals surface area contributed by atoms with Gasteiger partial charge in [0.15, 0.2) is 11.5 Å². The lowest BCUT2D eigenvalue weighted by Gasteiger charge is -2.13. The number of ether oxygens (including phenoxy) is 1. The predicted octanol–water partition coefficient (Wildman–Crippen LogP) is 3.91. The van der Waals surface area contributed by atoms with Crippen LogP contribution in [0.4, 0.5) is 0 Å². The third kappa shape index (κ3) is 5.05. The second-order valence-electron chi connectivity index (χ2n) is 6.39. The summed E-state index contributed by atoms with van der Waals surface area (Å²) in [6.07, 6.45) is 1.43. The van der Waals surface area contributed by atoms with Crippen LogP contribution in [0.1, 0.15) is 26.4 Å². The van der Waals surface area contributed by atoms with Gasteiger partial charge in [0.05, 0.1) is 18.2 Å². The van der Waals surface area contributed by atoms with Gasteiger partial charge < -0.3 is 8.92 Å². The van der Waals surface area contributed by atoms with Crippen LogP contribution in [0.15, 0.2) is 63.9 Å². The highest BCUT2D eigenvalue weighted by Crippen LogP contribution is 2.31. The van der Waals surface area contributed by atoms with Gasteiger partial charge in [-0.3, -0.25) is 4.79 Å². The summed E-state index contributed by atoms with van der Waals surface area (Å²) in [6.45, 7) is 3.52. The highest BCUT2D eigenvalue weighted by Gasteiger charge is 2.21. The summed E-state index contributed by atoms with van der Waals surface area (Å²) in [7, 11) is -2.63. The monoisotopic (exact) mass is 444 g/mol. The molecule has 7 nitrogen and oxygen atoms in total. The molecule has 0 saturated heterocycles. The first kappa shape index (κ1) is 21.5. The molecule has 156 valence electrons. The van der Waals surface area contributed by atoms with Crippen LogP contribution in [0.3, 0.4) is 0 Å². The maximum Gasteiger partial charge on any atom is 0.339 e. The van der Waals surface area contributed by atoms with Crippen LogP contribution in [0.2, 0.25) is 0 Å². The lowest BCUT2D eigenvalue weighted by molar-refractivity contribution is 0.0959. The number of benzene rings is 2. The number of carbonyl (C=O) groups is 1. The van der Waals surface area contributed by atoms with E-state index >= 15 is 0 Å². The fourth-order valence-corrected chi connectivity index (χ4v) is 4.47. The lowest BCUT2D eigenvalue weighted by Crippen LogP contribution is -2.16. The summed E-state index contributed by atoms with van der Waals surface area (Å²) in [5.74, 6) is -0.0385. The molecule has 0 saturated carbocycles. The van der Waals surface area contributed by atoms with Gasteiger partial charge in [0.2, 0.25) is 0 Å². The number of hydrogen-bond donors (Lipinski definition) is 1. The SMILES string of the molecule is COc1cc(C=NNC(=O)c2cccs2)ccc1OS(=O)(=O)c1cc(C)ccc1C. The number of nitrogens with zero attached hydrogens (tertiary/aromatic N) is 1. The minimum atomic E-state index is -4.03. The molecular formula is C21H20N2O5S2. The van der Waals surface area contributed by atoms with Crippen molar-refractivity contribution in [2.75, 3.05) is 7.11 Å². The average molecular weight is 445 g/mol. The summed E-state index contributed by atoms with van der Waals surface area (Å²) in [6, 6.07) is 13.2. The summed E-state index contributed by atoms with van der Waals surface area (Å²) < 4.78 is 36.1. The third-order valence-corrected chi connectivity index (χ3v) is 6.37. The van der Waals surface area contributed by atoms with Crippen LogP contribution >= 0.6 is 11.3 Å². The van der Waals surface area contributed by atoms with Crippen LogP contribution in [-0.4, -0.2) is 27.6 Å². The minimum Gasteiger partial charge on any atom is -0.493 e. The second kappa shape index (κ2) is 9.10. The van der Waals surface area contributed by atoms with Crippen molar-refractivity contribution in [3.05, 3.63) is 75.5 Å². The molecule has 30 heavy (non-hydrogen) atoms. The van der Waals surface area contributed by atoms with Crippen molar-refractivity contribution in [3.63, 3.8) is 0 Å². The van der Waals surface area contributed by atoms with E-state index in [1.807, 2.05) is 13.0 Å². The van der Waals surface area contributed by atoms with E-state index in [1.54, 1.807) is 48.7 Å². The molecule has 1 amide bonds. The molecule has 3 aromatic rings. The Balaban J connectivity index is 1.78. The van der Waals surface area contributed by atoms with Gasteiger partial charge in [0.1, 0.15) is 4.90 Å². The Morgan fingerprint density at radius 1 is 1.10 bits per heavy atom. The number of methoxy groups -OCH3 is 1. The van der Waals surface area contributed by atoms with Gasteiger partial charge in [0.25, 0.3) is 5.91 Å². The molecule has 0 bridgehead atoms. The quantitative estimate of drug-likeness (QED) is 0.339. The minimum absolute atomic E-state index is 0.0539. The van der Waals surface area contributed by atoms with Gasteiger partial charge in [-0.15, -0.1) is 11.3 Å². The van der Waals surface area contributed by atoms with Crippen molar-refractivity contribution >= 4 is 33.6 Å². The van der Waals surface area contributed by atoms with E-state index in [0.29, 0.717) is 16.0 Å². The largest absolute Gasteiger partial charge is 0.493 e. The van der Waals surface area contributed by atoms with Crippen molar-refractivity contribution < 1.29 is 22.1 Å². The molecule has 0 aliphatic heterocycles. The zero-order valence-corrected chi connectivity index (χ0v) is 18.2. The first-order valence-corrected chi connectivity index (χ1v) is 11.2. The highest BCUT2D eigenvalue weighted by molar-refractivity contribution is 7.87. The predicted molar refractivity (Wildman–Crippen MR) is 116 cm³/mol.